The van der Waals surface area contributed by atoms with Crippen molar-refractivity contribution in [3.8, 4) is 77.9 Å². The molecule has 2 heteroatoms. The Labute approximate surface area is 572 Å². The van der Waals surface area contributed by atoms with E-state index in [0.717, 1.165) is 0 Å². The van der Waals surface area contributed by atoms with Crippen LogP contribution in [0, 0.1) is 0 Å². The molecule has 0 atom stereocenters. The second-order valence-corrected chi connectivity index (χ2v) is 34.1. The molecule has 454 valence electrons. The fourth-order valence-electron chi connectivity index (χ4n) is 18.2. The molecule has 0 spiro atoms. The van der Waals surface area contributed by atoms with E-state index in [1.807, 2.05) is 0 Å². The minimum Gasteiger partial charge on any atom is -0.0623 e. The van der Waals surface area contributed by atoms with Crippen LogP contribution in [0.3, 0.4) is 0 Å². The Morgan fingerprint density at radius 2 is 0.357 bits per heavy atom. The normalized spacial score (nSPS) is 13.3. The van der Waals surface area contributed by atoms with Gasteiger partial charge in [-0.1, -0.05) is 364 Å². The molecule has 0 aromatic heterocycles. The summed E-state index contributed by atoms with van der Waals surface area (Å²) < 4.78 is 0. The van der Waals surface area contributed by atoms with Gasteiger partial charge < -0.3 is 0 Å². The van der Waals surface area contributed by atoms with Gasteiger partial charge in [-0.2, -0.15) is 0 Å². The molecule has 2 aliphatic heterocycles. The molecule has 0 saturated heterocycles. The highest BCUT2D eigenvalue weighted by Crippen LogP contribution is 2.52. The molecule has 2 aliphatic rings. The minimum atomic E-state index is -2.88. The molecule has 18 aromatic rings. The summed E-state index contributed by atoms with van der Waals surface area (Å²) in [4.78, 5) is 0. The molecule has 0 bridgehead atoms. The largest absolute Gasteiger partial charge is 0.180 e. The van der Waals surface area contributed by atoms with Gasteiger partial charge >= 0.3 is 0 Å². The van der Waals surface area contributed by atoms with Crippen LogP contribution in [-0.2, 0) is 0 Å². The maximum atomic E-state index is 2.61. The number of fused-ring (bicyclic) bond motifs is 12. The summed E-state index contributed by atoms with van der Waals surface area (Å²) in [5.74, 6) is 0. The van der Waals surface area contributed by atoms with Crippen molar-refractivity contribution in [1.82, 2.24) is 0 Å². The number of benzene rings is 18. The highest BCUT2D eigenvalue weighted by atomic mass is 28.3. The van der Waals surface area contributed by atoms with Gasteiger partial charge in [0, 0.05) is 0 Å². The lowest BCUT2D eigenvalue weighted by Gasteiger charge is -2.31. The van der Waals surface area contributed by atoms with E-state index in [0.29, 0.717) is 0 Å². The Kier molecular flexibility index (Phi) is 12.8. The van der Waals surface area contributed by atoms with Crippen molar-refractivity contribution in [2.75, 3.05) is 0 Å². The van der Waals surface area contributed by atoms with E-state index < -0.39 is 16.1 Å². The van der Waals surface area contributed by atoms with E-state index in [9.17, 15) is 0 Å². The van der Waals surface area contributed by atoms with Crippen LogP contribution in [0.1, 0.15) is 0 Å². The predicted octanol–water partition coefficient (Wildman–Crippen LogP) is 19.7. The van der Waals surface area contributed by atoms with Crippen molar-refractivity contribution in [1.29, 1.82) is 0 Å². The van der Waals surface area contributed by atoms with Crippen LogP contribution in [0.25, 0.3) is 143 Å². The fourth-order valence-corrected chi connectivity index (χ4v) is 28.6. The number of hydrogen-bond acceptors (Lipinski definition) is 0. The molecule has 98 heavy (non-hydrogen) atoms. The van der Waals surface area contributed by atoms with E-state index in [1.54, 1.807) is 0 Å². The monoisotopic (exact) mass is 1270 g/mol. The van der Waals surface area contributed by atoms with E-state index in [1.165, 1.54) is 184 Å². The molecule has 2 heterocycles. The standard InChI is InChI=1S/C96H62Si2/c1-5-33-65(34-6-1)97(66-35-7-2-8-36-66)89-57-19-17-43-83(89)93-77(55-27-59-91(93)97)75-49-25-53-81-87(75)62-88-76(78-56-28-60-92-94(78)84-44-18-20-58-90(84)98(92,67-37-9-3-10-38-67)68-39-11-4-12-40-68)50-26-54-82(88)96(81)95-79-51-23-47-73(71-45-21-31-63-29-13-15-41-69(63)71)85(79)61-86-74(48-24-52-80(86)95)72-46-22-32-64-30-14-16-42-70(64)72/h1-62H. The molecule has 0 saturated carbocycles. The third kappa shape index (κ3) is 8.05. The zero-order valence-electron chi connectivity index (χ0n) is 53.8. The predicted molar refractivity (Wildman–Crippen MR) is 424 cm³/mol. The average molecular weight is 1270 g/mol. The van der Waals surface area contributed by atoms with Crippen LogP contribution >= 0.6 is 0 Å². The molecule has 0 nitrogen and oxygen atoms in total. The Morgan fingerprint density at radius 1 is 0.133 bits per heavy atom. The fraction of sp³-hybridized carbons (Fsp3) is 0. The van der Waals surface area contributed by atoms with Crippen molar-refractivity contribution in [3.05, 3.63) is 376 Å². The number of hydrogen-bond donors (Lipinski definition) is 0. The molecule has 0 aliphatic carbocycles. The van der Waals surface area contributed by atoms with Gasteiger partial charge in [0.1, 0.15) is 0 Å². The summed E-state index contributed by atoms with van der Waals surface area (Å²) in [6.45, 7) is 0. The molecule has 0 unspecified atom stereocenters. The maximum absolute atomic E-state index is 2.88. The van der Waals surface area contributed by atoms with E-state index in [-0.39, 0.29) is 0 Å². The Bertz CT molecular complexity index is 5820. The first-order valence-corrected chi connectivity index (χ1v) is 38.3. The molecular weight excluding hydrogens is 1210 g/mol. The van der Waals surface area contributed by atoms with E-state index in [4.69, 9.17) is 0 Å². The summed E-state index contributed by atoms with van der Waals surface area (Å²) >= 11 is 0. The van der Waals surface area contributed by atoms with Gasteiger partial charge in [-0.05, 0) is 196 Å². The highest BCUT2D eigenvalue weighted by Gasteiger charge is 2.51. The highest BCUT2D eigenvalue weighted by molar-refractivity contribution is 7.23. The summed E-state index contributed by atoms with van der Waals surface area (Å²) in [7, 11) is -5.75. The topological polar surface area (TPSA) is 0 Å². The smallest absolute Gasteiger partial charge is 0.0623 e. The van der Waals surface area contributed by atoms with Crippen molar-refractivity contribution in [3.63, 3.8) is 0 Å². The molecule has 0 radical (unpaired) electrons. The van der Waals surface area contributed by atoms with Gasteiger partial charge in [0.25, 0.3) is 0 Å². The second kappa shape index (κ2) is 22.3. The van der Waals surface area contributed by atoms with E-state index in [2.05, 4.69) is 376 Å². The van der Waals surface area contributed by atoms with Crippen molar-refractivity contribution < 1.29 is 0 Å². The summed E-state index contributed by atoms with van der Waals surface area (Å²) in [6, 6.07) is 144. The minimum absolute atomic E-state index is 1.21. The van der Waals surface area contributed by atoms with Gasteiger partial charge in [-0.15, -0.1) is 0 Å². The molecule has 20 rings (SSSR count). The third-order valence-corrected chi connectivity index (χ3v) is 31.8. The lowest BCUT2D eigenvalue weighted by atomic mass is 9.80. The second-order valence-electron chi connectivity index (χ2n) is 26.7. The first kappa shape index (κ1) is 56.3. The lowest BCUT2D eigenvalue weighted by molar-refractivity contribution is 1.64. The Morgan fingerprint density at radius 3 is 0.714 bits per heavy atom. The van der Waals surface area contributed by atoms with Gasteiger partial charge in [0.05, 0.1) is 0 Å². The molecule has 0 N–H and O–H groups in total. The van der Waals surface area contributed by atoms with Crippen molar-refractivity contribution >= 4 is 122 Å². The SMILES string of the molecule is c1ccc([Si]2(c3ccccc3)c3ccccc3-c3c(-c4cccc5c(-c6c7cccc(-c8cccc9ccccc89)c7cc7c(-c8cccc9ccccc89)cccc67)c6cccc(-c7cccc8c7-c7ccccc7[Si]8(c7ccccc7)c7ccccc7)c6cc45)cccc32)cc1. The van der Waals surface area contributed by atoms with Gasteiger partial charge in [-0.3, -0.25) is 0 Å². The molecule has 18 aromatic carbocycles. The molecule has 0 amide bonds. The Balaban J connectivity index is 0.954. The maximum Gasteiger partial charge on any atom is 0.180 e. The van der Waals surface area contributed by atoms with Crippen LogP contribution in [0.2, 0.25) is 0 Å². The molecule has 0 fully saturated rings. The summed E-state index contributed by atoms with van der Waals surface area (Å²) in [5, 5.41) is 26.0. The quantitative estimate of drug-likeness (QED) is 0.0998. The van der Waals surface area contributed by atoms with Crippen LogP contribution in [-0.4, -0.2) is 16.1 Å². The number of rotatable bonds is 9. The third-order valence-electron chi connectivity index (χ3n) is 22.0. The van der Waals surface area contributed by atoms with Gasteiger partial charge in [0.2, 0.25) is 0 Å². The van der Waals surface area contributed by atoms with Crippen LogP contribution < -0.4 is 41.5 Å². The Hall–Kier alpha value is -12.0. The lowest BCUT2D eigenvalue weighted by Crippen LogP contribution is -2.72. The first-order valence-electron chi connectivity index (χ1n) is 34.3. The van der Waals surface area contributed by atoms with Crippen molar-refractivity contribution in [2.45, 2.75) is 0 Å². The van der Waals surface area contributed by atoms with Crippen LogP contribution in [0.15, 0.2) is 376 Å². The zero-order valence-corrected chi connectivity index (χ0v) is 55.8. The molecular formula is C96H62Si2. The van der Waals surface area contributed by atoms with Crippen molar-refractivity contribution in [2.24, 2.45) is 0 Å². The van der Waals surface area contributed by atoms with Gasteiger partial charge in [-0.25, -0.2) is 0 Å². The van der Waals surface area contributed by atoms with Crippen LogP contribution in [0.4, 0.5) is 0 Å². The average Bonchev–Trinajstić information content (AvgIpc) is 1.33. The van der Waals surface area contributed by atoms with Gasteiger partial charge in [0.15, 0.2) is 16.1 Å². The first-order chi connectivity index (χ1) is 48.7. The summed E-state index contributed by atoms with van der Waals surface area (Å²) in [5.41, 5.74) is 17.6. The summed E-state index contributed by atoms with van der Waals surface area (Å²) in [6.07, 6.45) is 0. The van der Waals surface area contributed by atoms with Crippen LogP contribution in [0.5, 0.6) is 0 Å². The van der Waals surface area contributed by atoms with E-state index >= 15 is 0 Å². The zero-order chi connectivity index (χ0) is 64.5.